The molecule has 0 aliphatic rings. The highest BCUT2D eigenvalue weighted by atomic mass is 32.1. The van der Waals surface area contributed by atoms with E-state index in [0.717, 1.165) is 16.3 Å². The summed E-state index contributed by atoms with van der Waals surface area (Å²) in [6.45, 7) is 0. The van der Waals surface area contributed by atoms with Crippen LogP contribution in [0.3, 0.4) is 0 Å². The number of nitrogens with one attached hydrogen (secondary N) is 1. The summed E-state index contributed by atoms with van der Waals surface area (Å²) in [5.74, 6) is 1.12. The minimum atomic E-state index is -0.201. The molecular weight excluding hydrogens is 358 g/mol. The van der Waals surface area contributed by atoms with Crippen LogP contribution in [-0.4, -0.2) is 22.8 Å². The van der Waals surface area contributed by atoms with E-state index in [4.69, 9.17) is 4.74 Å². The van der Waals surface area contributed by atoms with Gasteiger partial charge in [0, 0.05) is 11.6 Å². The molecule has 0 fully saturated rings. The molecule has 27 heavy (non-hydrogen) atoms. The third kappa shape index (κ3) is 3.61. The van der Waals surface area contributed by atoms with Crippen LogP contribution in [0, 0.1) is 0 Å². The number of thiophene rings is 1. The van der Waals surface area contributed by atoms with E-state index in [1.807, 2.05) is 53.9 Å². The molecular formula is C21H17N3O2S. The van der Waals surface area contributed by atoms with Crippen molar-refractivity contribution < 1.29 is 9.53 Å². The highest BCUT2D eigenvalue weighted by molar-refractivity contribution is 7.13. The number of methoxy groups -OCH3 is 1. The number of aromatic nitrogens is 2. The average molecular weight is 375 g/mol. The molecule has 4 aromatic rings. The summed E-state index contributed by atoms with van der Waals surface area (Å²) in [7, 11) is 1.60. The van der Waals surface area contributed by atoms with E-state index in [0.29, 0.717) is 17.1 Å². The summed E-state index contributed by atoms with van der Waals surface area (Å²) >= 11 is 1.61. The van der Waals surface area contributed by atoms with Crippen molar-refractivity contribution in [2.75, 3.05) is 12.4 Å². The van der Waals surface area contributed by atoms with E-state index in [1.165, 1.54) is 0 Å². The third-order valence-corrected chi connectivity index (χ3v) is 4.97. The van der Waals surface area contributed by atoms with Gasteiger partial charge in [-0.05, 0) is 47.8 Å². The van der Waals surface area contributed by atoms with Crippen LogP contribution < -0.4 is 10.1 Å². The predicted octanol–water partition coefficient (Wildman–Crippen LogP) is 4.86. The molecule has 2 aromatic carbocycles. The Bertz CT molecular complexity index is 1040. The molecule has 0 radical (unpaired) electrons. The number of hydrogen-bond acceptors (Lipinski definition) is 4. The normalized spacial score (nSPS) is 10.6. The molecule has 1 amide bonds. The van der Waals surface area contributed by atoms with Crippen LogP contribution in [0.4, 0.5) is 5.82 Å². The number of amides is 1. The molecule has 0 bridgehead atoms. The fourth-order valence-electron chi connectivity index (χ4n) is 2.71. The van der Waals surface area contributed by atoms with Crippen molar-refractivity contribution in [1.82, 2.24) is 9.78 Å². The fourth-order valence-corrected chi connectivity index (χ4v) is 3.39. The second kappa shape index (κ2) is 7.47. The standard InChI is InChI=1S/C21H17N3O2S/c1-26-17-11-9-15(10-12-17)21(25)22-20-14-18(19-8-5-13-27-19)23-24(20)16-6-3-2-4-7-16/h2-14H,1H3,(H,22,25). The molecule has 5 nitrogen and oxygen atoms in total. The van der Waals surface area contributed by atoms with Crippen LogP contribution in [0.2, 0.25) is 0 Å². The van der Waals surface area contributed by atoms with Crippen LogP contribution in [0.1, 0.15) is 10.4 Å². The van der Waals surface area contributed by atoms with Crippen molar-refractivity contribution in [3.05, 3.63) is 83.7 Å². The lowest BCUT2D eigenvalue weighted by Crippen LogP contribution is -2.15. The molecule has 0 saturated carbocycles. The lowest BCUT2D eigenvalue weighted by Gasteiger charge is -2.09. The Kier molecular flexibility index (Phi) is 4.72. The molecule has 2 heterocycles. The van der Waals surface area contributed by atoms with E-state index < -0.39 is 0 Å². The number of nitrogens with zero attached hydrogens (tertiary/aromatic N) is 2. The van der Waals surface area contributed by atoms with Gasteiger partial charge >= 0.3 is 0 Å². The monoisotopic (exact) mass is 375 g/mol. The van der Waals surface area contributed by atoms with Crippen LogP contribution in [0.15, 0.2) is 78.2 Å². The van der Waals surface area contributed by atoms with Gasteiger partial charge in [0.05, 0.1) is 17.7 Å². The quantitative estimate of drug-likeness (QED) is 0.542. The van der Waals surface area contributed by atoms with Crippen molar-refractivity contribution in [3.63, 3.8) is 0 Å². The summed E-state index contributed by atoms with van der Waals surface area (Å²) in [6, 6.07) is 22.6. The van der Waals surface area contributed by atoms with E-state index in [2.05, 4.69) is 10.4 Å². The van der Waals surface area contributed by atoms with Crippen LogP contribution in [-0.2, 0) is 0 Å². The number of hydrogen-bond donors (Lipinski definition) is 1. The second-order valence-electron chi connectivity index (χ2n) is 5.82. The van der Waals surface area contributed by atoms with Gasteiger partial charge in [-0.3, -0.25) is 4.79 Å². The summed E-state index contributed by atoms with van der Waals surface area (Å²) in [5, 5.41) is 9.67. The van der Waals surface area contributed by atoms with Crippen molar-refractivity contribution in [3.8, 4) is 22.0 Å². The largest absolute Gasteiger partial charge is 0.497 e. The Morgan fingerprint density at radius 3 is 2.48 bits per heavy atom. The molecule has 0 atom stereocenters. The first-order valence-electron chi connectivity index (χ1n) is 8.39. The summed E-state index contributed by atoms with van der Waals surface area (Å²) in [6.07, 6.45) is 0. The number of anilines is 1. The zero-order chi connectivity index (χ0) is 18.6. The number of carbonyl (C=O) groups is 1. The predicted molar refractivity (Wildman–Crippen MR) is 108 cm³/mol. The van der Waals surface area contributed by atoms with E-state index in [1.54, 1.807) is 47.4 Å². The van der Waals surface area contributed by atoms with Gasteiger partial charge in [-0.2, -0.15) is 5.10 Å². The molecule has 0 aliphatic carbocycles. The lowest BCUT2D eigenvalue weighted by atomic mass is 10.2. The number of ether oxygens (including phenoxy) is 1. The Morgan fingerprint density at radius 1 is 1.04 bits per heavy atom. The first-order chi connectivity index (χ1) is 13.2. The number of rotatable bonds is 5. The van der Waals surface area contributed by atoms with Crippen molar-refractivity contribution in [1.29, 1.82) is 0 Å². The molecule has 1 N–H and O–H groups in total. The number of para-hydroxylation sites is 1. The Morgan fingerprint density at radius 2 is 1.81 bits per heavy atom. The minimum Gasteiger partial charge on any atom is -0.497 e. The summed E-state index contributed by atoms with van der Waals surface area (Å²) in [4.78, 5) is 13.7. The molecule has 0 unspecified atom stereocenters. The van der Waals surface area contributed by atoms with Gasteiger partial charge in [0.15, 0.2) is 0 Å². The van der Waals surface area contributed by atoms with Gasteiger partial charge in [0.2, 0.25) is 0 Å². The van der Waals surface area contributed by atoms with Gasteiger partial charge < -0.3 is 10.1 Å². The average Bonchev–Trinajstić information content (AvgIpc) is 3.38. The third-order valence-electron chi connectivity index (χ3n) is 4.08. The fraction of sp³-hybridized carbons (Fsp3) is 0.0476. The molecule has 0 aliphatic heterocycles. The molecule has 0 saturated heterocycles. The lowest BCUT2D eigenvalue weighted by molar-refractivity contribution is 0.102. The van der Waals surface area contributed by atoms with Crippen LogP contribution in [0.5, 0.6) is 5.75 Å². The van der Waals surface area contributed by atoms with Gasteiger partial charge in [-0.15, -0.1) is 11.3 Å². The molecule has 4 rings (SSSR count). The maximum Gasteiger partial charge on any atom is 0.256 e. The van der Waals surface area contributed by atoms with Crippen molar-refractivity contribution in [2.45, 2.75) is 0 Å². The molecule has 6 heteroatoms. The first-order valence-corrected chi connectivity index (χ1v) is 9.27. The van der Waals surface area contributed by atoms with Gasteiger partial charge in [0.25, 0.3) is 5.91 Å². The second-order valence-corrected chi connectivity index (χ2v) is 6.77. The van der Waals surface area contributed by atoms with E-state index >= 15 is 0 Å². The summed E-state index contributed by atoms with van der Waals surface area (Å²) in [5.41, 5.74) is 2.25. The Labute approximate surface area is 160 Å². The van der Waals surface area contributed by atoms with E-state index in [9.17, 15) is 4.79 Å². The van der Waals surface area contributed by atoms with Crippen molar-refractivity contribution in [2.24, 2.45) is 0 Å². The van der Waals surface area contributed by atoms with Gasteiger partial charge in [-0.1, -0.05) is 24.3 Å². The van der Waals surface area contributed by atoms with Crippen LogP contribution >= 0.6 is 11.3 Å². The van der Waals surface area contributed by atoms with E-state index in [-0.39, 0.29) is 5.91 Å². The Balaban J connectivity index is 1.69. The highest BCUT2D eigenvalue weighted by Crippen LogP contribution is 2.28. The molecule has 2 aromatic heterocycles. The van der Waals surface area contributed by atoms with Gasteiger partial charge in [0.1, 0.15) is 17.3 Å². The number of benzene rings is 2. The molecule has 134 valence electrons. The zero-order valence-corrected chi connectivity index (χ0v) is 15.4. The maximum atomic E-state index is 12.7. The van der Waals surface area contributed by atoms with Gasteiger partial charge in [-0.25, -0.2) is 4.68 Å². The number of carbonyl (C=O) groups excluding carboxylic acids is 1. The smallest absolute Gasteiger partial charge is 0.256 e. The molecule has 0 spiro atoms. The topological polar surface area (TPSA) is 56.1 Å². The minimum absolute atomic E-state index is 0.201. The maximum absolute atomic E-state index is 12.7. The van der Waals surface area contributed by atoms with Crippen molar-refractivity contribution >= 4 is 23.1 Å². The van der Waals surface area contributed by atoms with Crippen LogP contribution in [0.25, 0.3) is 16.3 Å². The first kappa shape index (κ1) is 17.1. The zero-order valence-electron chi connectivity index (χ0n) is 14.6. The SMILES string of the molecule is COc1ccc(C(=O)Nc2cc(-c3cccs3)nn2-c2ccccc2)cc1. The summed E-state index contributed by atoms with van der Waals surface area (Å²) < 4.78 is 6.89. The highest BCUT2D eigenvalue weighted by Gasteiger charge is 2.15. The Hall–Kier alpha value is -3.38.